The molecule has 0 nitrogen and oxygen atoms in total. The van der Waals surface area contributed by atoms with Crippen molar-refractivity contribution < 1.29 is 0 Å². The van der Waals surface area contributed by atoms with Gasteiger partial charge in [0, 0.05) is 0 Å². The predicted octanol–water partition coefficient (Wildman–Crippen LogP) is 5.13. The van der Waals surface area contributed by atoms with Gasteiger partial charge in [-0.15, -0.1) is 0 Å². The molecule has 0 saturated heterocycles. The van der Waals surface area contributed by atoms with Crippen LogP contribution in [0.15, 0.2) is 0 Å². The molecule has 0 aromatic rings. The summed E-state index contributed by atoms with van der Waals surface area (Å²) in [6.07, 6.45) is 7.58. The fourth-order valence-corrected chi connectivity index (χ4v) is 3.80. The maximum Gasteiger partial charge on any atom is -0.0357 e. The Balaban J connectivity index is 0.000000531. The summed E-state index contributed by atoms with van der Waals surface area (Å²) in [5.74, 6) is 4.49. The lowest BCUT2D eigenvalue weighted by molar-refractivity contribution is 0.209. The van der Waals surface area contributed by atoms with E-state index in [0.717, 1.165) is 23.7 Å². The van der Waals surface area contributed by atoms with E-state index in [9.17, 15) is 0 Å². The van der Waals surface area contributed by atoms with Gasteiger partial charge in [0.2, 0.25) is 0 Å². The Morgan fingerprint density at radius 1 is 0.857 bits per heavy atom. The van der Waals surface area contributed by atoms with Crippen molar-refractivity contribution in [2.75, 3.05) is 0 Å². The van der Waals surface area contributed by atoms with Crippen molar-refractivity contribution in [2.45, 2.75) is 67.2 Å². The molecule has 0 heterocycles. The van der Waals surface area contributed by atoms with Crippen molar-refractivity contribution >= 4 is 0 Å². The highest BCUT2D eigenvalue weighted by atomic mass is 14.5. The fraction of sp³-hybridized carbons (Fsp3) is 1.00. The van der Waals surface area contributed by atoms with Crippen molar-refractivity contribution in [1.29, 1.82) is 0 Å². The van der Waals surface area contributed by atoms with Crippen molar-refractivity contribution in [3.63, 3.8) is 0 Å². The zero-order chi connectivity index (χ0) is 9.84. The van der Waals surface area contributed by atoms with Crippen LogP contribution in [0.5, 0.6) is 0 Å². The molecular weight excluding hydrogens is 168 g/mol. The van der Waals surface area contributed by atoms with E-state index in [0.29, 0.717) is 0 Å². The van der Waals surface area contributed by atoms with E-state index >= 15 is 0 Å². The molecule has 0 heteroatoms. The van der Waals surface area contributed by atoms with Gasteiger partial charge >= 0.3 is 0 Å². The van der Waals surface area contributed by atoms with Crippen LogP contribution in [0.2, 0.25) is 0 Å². The SMILES string of the molecule is C.CC.CCC1C2CCC(C2)C1CC. The van der Waals surface area contributed by atoms with Gasteiger partial charge in [0.25, 0.3) is 0 Å². The molecule has 2 fully saturated rings. The summed E-state index contributed by atoms with van der Waals surface area (Å²) in [5.41, 5.74) is 0. The van der Waals surface area contributed by atoms with Gasteiger partial charge in [-0.05, 0) is 42.9 Å². The van der Waals surface area contributed by atoms with E-state index in [4.69, 9.17) is 0 Å². The molecule has 2 bridgehead atoms. The molecule has 86 valence electrons. The lowest BCUT2D eigenvalue weighted by Crippen LogP contribution is -2.20. The Morgan fingerprint density at radius 2 is 1.21 bits per heavy atom. The van der Waals surface area contributed by atoms with Gasteiger partial charge in [0.1, 0.15) is 0 Å². The molecule has 0 radical (unpaired) electrons. The molecule has 2 rings (SSSR count). The molecule has 4 atom stereocenters. The predicted molar refractivity (Wildman–Crippen MR) is 66.5 cm³/mol. The molecule has 0 amide bonds. The van der Waals surface area contributed by atoms with Gasteiger partial charge in [0.05, 0.1) is 0 Å². The first-order valence-corrected chi connectivity index (χ1v) is 6.36. The van der Waals surface area contributed by atoms with Crippen LogP contribution >= 0.6 is 0 Å². The van der Waals surface area contributed by atoms with Crippen LogP contribution in [0, 0.1) is 23.7 Å². The van der Waals surface area contributed by atoms with Crippen molar-refractivity contribution in [1.82, 2.24) is 0 Å². The lowest BCUT2D eigenvalue weighted by Gasteiger charge is -2.29. The monoisotopic (exact) mass is 198 g/mol. The second kappa shape index (κ2) is 6.48. The maximum atomic E-state index is 2.38. The molecule has 2 aliphatic carbocycles. The third-order valence-electron chi connectivity index (χ3n) is 4.22. The van der Waals surface area contributed by atoms with Crippen LogP contribution in [0.4, 0.5) is 0 Å². The largest absolute Gasteiger partial charge is 0.0776 e. The number of hydrogen-bond donors (Lipinski definition) is 0. The van der Waals surface area contributed by atoms with Crippen molar-refractivity contribution in [3.05, 3.63) is 0 Å². The summed E-state index contributed by atoms with van der Waals surface area (Å²) >= 11 is 0. The molecular formula is C14H30. The van der Waals surface area contributed by atoms with Crippen LogP contribution in [0.3, 0.4) is 0 Å². The number of rotatable bonds is 2. The Morgan fingerprint density at radius 3 is 1.50 bits per heavy atom. The molecule has 0 aromatic heterocycles. The minimum atomic E-state index is 0. The number of hydrogen-bond acceptors (Lipinski definition) is 0. The topological polar surface area (TPSA) is 0 Å². The quantitative estimate of drug-likeness (QED) is 0.577. The van der Waals surface area contributed by atoms with Crippen LogP contribution in [0.25, 0.3) is 0 Å². The maximum absolute atomic E-state index is 2.38. The van der Waals surface area contributed by atoms with E-state index in [2.05, 4.69) is 13.8 Å². The summed E-state index contributed by atoms with van der Waals surface area (Å²) in [7, 11) is 0. The third-order valence-corrected chi connectivity index (χ3v) is 4.22. The van der Waals surface area contributed by atoms with Crippen LogP contribution in [-0.4, -0.2) is 0 Å². The van der Waals surface area contributed by atoms with Gasteiger partial charge in [-0.25, -0.2) is 0 Å². The molecule has 14 heavy (non-hydrogen) atoms. The Kier molecular flexibility index (Phi) is 6.48. The Bertz CT molecular complexity index is 123. The van der Waals surface area contributed by atoms with E-state index in [1.807, 2.05) is 13.8 Å². The van der Waals surface area contributed by atoms with E-state index in [1.165, 1.54) is 12.8 Å². The molecule has 2 aliphatic rings. The molecule has 4 unspecified atom stereocenters. The smallest absolute Gasteiger partial charge is 0.0357 e. The highest BCUT2D eigenvalue weighted by Crippen LogP contribution is 2.54. The zero-order valence-electron chi connectivity index (χ0n) is 9.84. The molecule has 2 saturated carbocycles. The first-order chi connectivity index (χ1) is 6.36. The first kappa shape index (κ1) is 14.0. The van der Waals surface area contributed by atoms with Gasteiger partial charge in [-0.1, -0.05) is 48.0 Å². The lowest BCUT2D eigenvalue weighted by atomic mass is 9.77. The summed E-state index contributed by atoms with van der Waals surface area (Å²) < 4.78 is 0. The third kappa shape index (κ3) is 2.32. The van der Waals surface area contributed by atoms with E-state index in [1.54, 1.807) is 19.3 Å². The van der Waals surface area contributed by atoms with Crippen molar-refractivity contribution in [2.24, 2.45) is 23.7 Å². The Labute approximate surface area is 91.5 Å². The zero-order valence-corrected chi connectivity index (χ0v) is 9.84. The molecule has 0 spiro atoms. The van der Waals surface area contributed by atoms with Gasteiger partial charge in [-0.2, -0.15) is 0 Å². The summed E-state index contributed by atoms with van der Waals surface area (Å²) in [4.78, 5) is 0. The molecule has 0 N–H and O–H groups in total. The van der Waals surface area contributed by atoms with E-state index < -0.39 is 0 Å². The Hall–Kier alpha value is 0. The van der Waals surface area contributed by atoms with Gasteiger partial charge in [-0.3, -0.25) is 0 Å². The minimum Gasteiger partial charge on any atom is -0.0776 e. The van der Waals surface area contributed by atoms with Gasteiger partial charge < -0.3 is 0 Å². The first-order valence-electron chi connectivity index (χ1n) is 6.36. The average Bonchev–Trinajstić information content (AvgIpc) is 2.79. The normalized spacial score (nSPS) is 38.6. The van der Waals surface area contributed by atoms with E-state index in [-0.39, 0.29) is 7.43 Å². The number of fused-ring (bicyclic) bond motifs is 2. The van der Waals surface area contributed by atoms with Crippen LogP contribution in [-0.2, 0) is 0 Å². The standard InChI is InChI=1S/C11H20.C2H6.CH4/c1-3-10-8-5-6-9(7-8)11(10)4-2;1-2;/h8-11H,3-7H2,1-2H3;1-2H3;1H4. The van der Waals surface area contributed by atoms with Crippen LogP contribution < -0.4 is 0 Å². The fourth-order valence-electron chi connectivity index (χ4n) is 3.80. The second-order valence-electron chi connectivity index (χ2n) is 4.48. The second-order valence-corrected chi connectivity index (χ2v) is 4.48. The summed E-state index contributed by atoms with van der Waals surface area (Å²) in [5, 5.41) is 0. The minimum absolute atomic E-state index is 0. The summed E-state index contributed by atoms with van der Waals surface area (Å²) in [6, 6.07) is 0. The van der Waals surface area contributed by atoms with Gasteiger partial charge in [0.15, 0.2) is 0 Å². The average molecular weight is 198 g/mol. The highest BCUT2D eigenvalue weighted by Gasteiger charge is 2.45. The molecule has 0 aromatic carbocycles. The van der Waals surface area contributed by atoms with Crippen molar-refractivity contribution in [3.8, 4) is 0 Å². The molecule has 0 aliphatic heterocycles. The van der Waals surface area contributed by atoms with Crippen LogP contribution in [0.1, 0.15) is 67.2 Å². The highest BCUT2D eigenvalue weighted by molar-refractivity contribution is 4.94. The summed E-state index contributed by atoms with van der Waals surface area (Å²) in [6.45, 7) is 8.77.